The highest BCUT2D eigenvalue weighted by Crippen LogP contribution is 2.31. The lowest BCUT2D eigenvalue weighted by Gasteiger charge is -2.13. The number of aryl methyl sites for hydroxylation is 1. The van der Waals surface area contributed by atoms with Crippen LogP contribution in [0.4, 0.5) is 5.69 Å². The van der Waals surface area contributed by atoms with E-state index in [1.807, 2.05) is 73.7 Å². The molecule has 0 atom stereocenters. The molecule has 0 radical (unpaired) electrons. The SMILES string of the molecule is Cc1c(C(=O)Nc2ccccc2Br)oc2c1/C(=N/NC(=O)c1ccc(-c3ccccc3)cc1)CCC2. The van der Waals surface area contributed by atoms with E-state index in [0.717, 1.165) is 38.9 Å². The van der Waals surface area contributed by atoms with Crippen molar-refractivity contribution in [1.82, 2.24) is 5.43 Å². The standard InChI is InChI=1S/C29H24BrN3O3/c1-18-26-24(32-33-28(34)21-16-14-20(15-17-21)19-8-3-2-4-9-19)12-7-13-25(26)36-27(18)29(35)31-23-11-6-5-10-22(23)30/h2-6,8-11,14-17H,7,12-13H2,1H3,(H,31,35)(H,33,34)/b32-24+. The van der Waals surface area contributed by atoms with Crippen LogP contribution in [0, 0.1) is 6.92 Å². The molecule has 0 bridgehead atoms. The number of benzene rings is 3. The number of rotatable bonds is 5. The van der Waals surface area contributed by atoms with Crippen LogP contribution in [0.2, 0.25) is 0 Å². The van der Waals surface area contributed by atoms with E-state index in [-0.39, 0.29) is 17.6 Å². The van der Waals surface area contributed by atoms with Crippen LogP contribution in [-0.2, 0) is 6.42 Å². The molecule has 0 fully saturated rings. The Morgan fingerprint density at radius 1 is 0.861 bits per heavy atom. The van der Waals surface area contributed by atoms with Crippen molar-refractivity contribution in [3.8, 4) is 11.1 Å². The Morgan fingerprint density at radius 2 is 1.56 bits per heavy atom. The van der Waals surface area contributed by atoms with Crippen molar-refractivity contribution in [3.05, 3.63) is 112 Å². The van der Waals surface area contributed by atoms with Gasteiger partial charge >= 0.3 is 0 Å². The molecular formula is C29H24BrN3O3. The molecule has 0 spiro atoms. The van der Waals surface area contributed by atoms with Gasteiger partial charge in [0.25, 0.3) is 11.8 Å². The van der Waals surface area contributed by atoms with Crippen molar-refractivity contribution in [3.63, 3.8) is 0 Å². The fourth-order valence-electron chi connectivity index (χ4n) is 4.37. The molecule has 4 aromatic rings. The van der Waals surface area contributed by atoms with E-state index in [1.165, 1.54) is 0 Å². The normalized spacial score (nSPS) is 13.8. The highest BCUT2D eigenvalue weighted by atomic mass is 79.9. The number of nitrogens with zero attached hydrogens (tertiary/aromatic N) is 1. The van der Waals surface area contributed by atoms with Crippen LogP contribution in [0.3, 0.4) is 0 Å². The molecule has 1 aromatic heterocycles. The third kappa shape index (κ3) is 4.88. The molecule has 180 valence electrons. The summed E-state index contributed by atoms with van der Waals surface area (Å²) in [5.74, 6) is 0.363. The van der Waals surface area contributed by atoms with E-state index in [0.29, 0.717) is 29.8 Å². The van der Waals surface area contributed by atoms with E-state index in [4.69, 9.17) is 4.42 Å². The summed E-state index contributed by atoms with van der Waals surface area (Å²) >= 11 is 3.45. The number of nitrogens with one attached hydrogen (secondary N) is 2. The van der Waals surface area contributed by atoms with Gasteiger partial charge in [-0.05, 0) is 71.1 Å². The van der Waals surface area contributed by atoms with Gasteiger partial charge in [0.15, 0.2) is 5.76 Å². The largest absolute Gasteiger partial charge is 0.455 e. The minimum Gasteiger partial charge on any atom is -0.455 e. The van der Waals surface area contributed by atoms with Crippen LogP contribution in [0.5, 0.6) is 0 Å². The number of hydrazone groups is 1. The third-order valence-electron chi connectivity index (χ3n) is 6.20. The monoisotopic (exact) mass is 541 g/mol. The van der Waals surface area contributed by atoms with Crippen molar-refractivity contribution < 1.29 is 14.0 Å². The second-order valence-corrected chi connectivity index (χ2v) is 9.44. The number of halogens is 1. The number of amides is 2. The molecule has 2 N–H and O–H groups in total. The summed E-state index contributed by atoms with van der Waals surface area (Å²) in [6, 6.07) is 24.8. The lowest BCUT2D eigenvalue weighted by molar-refractivity contribution is 0.0953. The van der Waals surface area contributed by atoms with Gasteiger partial charge in [-0.15, -0.1) is 0 Å². The molecule has 36 heavy (non-hydrogen) atoms. The van der Waals surface area contributed by atoms with Crippen molar-refractivity contribution in [2.45, 2.75) is 26.2 Å². The first-order chi connectivity index (χ1) is 17.5. The van der Waals surface area contributed by atoms with Gasteiger partial charge in [-0.25, -0.2) is 5.43 Å². The number of carbonyl (C=O) groups excluding carboxylic acids is 2. The first-order valence-corrected chi connectivity index (χ1v) is 12.5. The number of fused-ring (bicyclic) bond motifs is 1. The molecule has 3 aromatic carbocycles. The molecule has 0 unspecified atom stereocenters. The summed E-state index contributed by atoms with van der Waals surface area (Å²) < 4.78 is 6.75. The van der Waals surface area contributed by atoms with E-state index >= 15 is 0 Å². The number of para-hydroxylation sites is 1. The summed E-state index contributed by atoms with van der Waals surface area (Å²) in [6.45, 7) is 1.85. The zero-order chi connectivity index (χ0) is 25.1. The highest BCUT2D eigenvalue weighted by Gasteiger charge is 2.28. The predicted molar refractivity (Wildman–Crippen MR) is 144 cm³/mol. The fraction of sp³-hybridized carbons (Fsp3) is 0.138. The molecule has 5 rings (SSSR count). The van der Waals surface area contributed by atoms with Crippen molar-refractivity contribution in [1.29, 1.82) is 0 Å². The number of anilines is 1. The molecule has 1 heterocycles. The summed E-state index contributed by atoms with van der Waals surface area (Å²) in [6.07, 6.45) is 2.23. The van der Waals surface area contributed by atoms with Crippen molar-refractivity contribution in [2.24, 2.45) is 5.10 Å². The van der Waals surface area contributed by atoms with Gasteiger partial charge < -0.3 is 9.73 Å². The van der Waals surface area contributed by atoms with Gasteiger partial charge in [-0.1, -0.05) is 54.6 Å². The molecule has 2 amide bonds. The number of hydrogen-bond acceptors (Lipinski definition) is 4. The topological polar surface area (TPSA) is 83.7 Å². The van der Waals surface area contributed by atoms with Gasteiger partial charge in [0.2, 0.25) is 0 Å². The molecule has 0 saturated heterocycles. The Morgan fingerprint density at radius 3 is 2.31 bits per heavy atom. The van der Waals surface area contributed by atoms with Gasteiger partial charge in [0, 0.05) is 27.6 Å². The fourth-order valence-corrected chi connectivity index (χ4v) is 4.75. The first-order valence-electron chi connectivity index (χ1n) is 11.7. The average molecular weight is 542 g/mol. The summed E-state index contributed by atoms with van der Waals surface area (Å²) in [7, 11) is 0. The van der Waals surface area contributed by atoms with Crippen molar-refractivity contribution in [2.75, 3.05) is 5.32 Å². The summed E-state index contributed by atoms with van der Waals surface area (Å²) in [4.78, 5) is 25.7. The van der Waals surface area contributed by atoms with E-state index in [9.17, 15) is 9.59 Å². The van der Waals surface area contributed by atoms with E-state index in [1.54, 1.807) is 12.1 Å². The number of hydrogen-bond donors (Lipinski definition) is 2. The summed E-state index contributed by atoms with van der Waals surface area (Å²) in [5.41, 5.74) is 8.23. The average Bonchev–Trinajstić information content (AvgIpc) is 3.26. The van der Waals surface area contributed by atoms with Crippen molar-refractivity contribution >= 4 is 39.1 Å². The minimum absolute atomic E-state index is 0.258. The quantitative estimate of drug-likeness (QED) is 0.274. The molecular weight excluding hydrogens is 518 g/mol. The zero-order valence-corrected chi connectivity index (χ0v) is 21.3. The number of furan rings is 1. The highest BCUT2D eigenvalue weighted by molar-refractivity contribution is 9.10. The lowest BCUT2D eigenvalue weighted by atomic mass is 9.93. The molecule has 1 aliphatic carbocycles. The second-order valence-electron chi connectivity index (χ2n) is 8.58. The zero-order valence-electron chi connectivity index (χ0n) is 19.7. The van der Waals surface area contributed by atoms with Gasteiger partial charge in [0.1, 0.15) is 5.76 Å². The van der Waals surface area contributed by atoms with E-state index < -0.39 is 0 Å². The van der Waals surface area contributed by atoms with Crippen LogP contribution in [0.15, 0.2) is 92.9 Å². The summed E-state index contributed by atoms with van der Waals surface area (Å²) in [5, 5.41) is 7.32. The maximum Gasteiger partial charge on any atom is 0.291 e. The Balaban J connectivity index is 1.33. The third-order valence-corrected chi connectivity index (χ3v) is 6.89. The molecule has 6 nitrogen and oxygen atoms in total. The Hall–Kier alpha value is -3.97. The molecule has 1 aliphatic rings. The Labute approximate surface area is 217 Å². The lowest BCUT2D eigenvalue weighted by Crippen LogP contribution is -2.22. The number of carbonyl (C=O) groups is 2. The van der Waals surface area contributed by atoms with Crippen LogP contribution < -0.4 is 10.7 Å². The maximum absolute atomic E-state index is 13.0. The van der Waals surface area contributed by atoms with Crippen LogP contribution >= 0.6 is 15.9 Å². The predicted octanol–water partition coefficient (Wildman–Crippen LogP) is 6.74. The van der Waals surface area contributed by atoms with E-state index in [2.05, 4.69) is 31.8 Å². The smallest absolute Gasteiger partial charge is 0.291 e. The second kappa shape index (κ2) is 10.3. The molecule has 0 aliphatic heterocycles. The maximum atomic E-state index is 13.0. The minimum atomic E-state index is -0.323. The van der Waals surface area contributed by atoms with Crippen LogP contribution in [0.25, 0.3) is 11.1 Å². The molecule has 0 saturated carbocycles. The van der Waals surface area contributed by atoms with Crippen LogP contribution in [-0.4, -0.2) is 17.5 Å². The molecule has 7 heteroatoms. The first kappa shape index (κ1) is 23.8. The van der Waals surface area contributed by atoms with Gasteiger partial charge in [-0.2, -0.15) is 5.10 Å². The van der Waals surface area contributed by atoms with Gasteiger partial charge in [-0.3, -0.25) is 9.59 Å². The van der Waals surface area contributed by atoms with Gasteiger partial charge in [0.05, 0.1) is 11.4 Å². The Kier molecular flexibility index (Phi) is 6.82. The van der Waals surface area contributed by atoms with Crippen LogP contribution in [0.1, 0.15) is 50.6 Å². The Bertz CT molecular complexity index is 1460.